The Kier molecular flexibility index (Phi) is 5.55. The average Bonchev–Trinajstić information content (AvgIpc) is 2.30. The van der Waals surface area contributed by atoms with Crippen LogP contribution in [0.5, 0.6) is 0 Å². The van der Waals surface area contributed by atoms with Crippen LogP contribution in [-0.2, 0) is 11.3 Å². The van der Waals surface area contributed by atoms with Crippen molar-refractivity contribution in [1.29, 1.82) is 0 Å². The number of aliphatic hydroxyl groups is 1. The molecule has 0 aliphatic rings. The van der Waals surface area contributed by atoms with E-state index in [2.05, 4.69) is 10.3 Å². The first-order valence-electron chi connectivity index (χ1n) is 5.19. The summed E-state index contributed by atoms with van der Waals surface area (Å²) in [6.45, 7) is 1.15. The molecule has 1 unspecified atom stereocenters. The van der Waals surface area contributed by atoms with Crippen molar-refractivity contribution >= 4 is 5.97 Å². The van der Waals surface area contributed by atoms with Gasteiger partial charge in [0.15, 0.2) is 0 Å². The lowest BCUT2D eigenvalue weighted by atomic mass is 10.2. The Morgan fingerprint density at radius 1 is 1.59 bits per heavy atom. The van der Waals surface area contributed by atoms with E-state index in [4.69, 9.17) is 9.84 Å². The fourth-order valence-electron chi connectivity index (χ4n) is 1.27. The number of hydrogen-bond donors (Lipinski definition) is 3. The number of nitrogens with zero attached hydrogens (tertiary/aromatic N) is 1. The van der Waals surface area contributed by atoms with Crippen molar-refractivity contribution in [2.45, 2.75) is 12.6 Å². The van der Waals surface area contributed by atoms with Gasteiger partial charge in [-0.25, -0.2) is 4.79 Å². The smallest absolute Gasteiger partial charge is 0.337 e. The normalized spacial score (nSPS) is 12.4. The van der Waals surface area contributed by atoms with Gasteiger partial charge < -0.3 is 20.3 Å². The molecule has 0 fully saturated rings. The number of ether oxygens (including phenoxy) is 1. The predicted octanol–water partition coefficient (Wildman–Crippen LogP) is -0.123. The van der Waals surface area contributed by atoms with Crippen molar-refractivity contribution in [3.8, 4) is 0 Å². The van der Waals surface area contributed by atoms with Crippen molar-refractivity contribution in [3.63, 3.8) is 0 Å². The monoisotopic (exact) mass is 240 g/mol. The van der Waals surface area contributed by atoms with Crippen molar-refractivity contribution in [2.24, 2.45) is 0 Å². The number of aliphatic hydroxyl groups excluding tert-OH is 1. The second-order valence-corrected chi connectivity index (χ2v) is 3.58. The second-order valence-electron chi connectivity index (χ2n) is 3.58. The van der Waals surface area contributed by atoms with Crippen LogP contribution in [0.1, 0.15) is 16.1 Å². The number of aromatic nitrogens is 1. The van der Waals surface area contributed by atoms with Crippen LogP contribution in [0.25, 0.3) is 0 Å². The van der Waals surface area contributed by atoms with Gasteiger partial charge in [-0.15, -0.1) is 0 Å². The third-order valence-corrected chi connectivity index (χ3v) is 2.12. The molecule has 17 heavy (non-hydrogen) atoms. The Morgan fingerprint density at radius 2 is 2.35 bits per heavy atom. The van der Waals surface area contributed by atoms with Crippen LogP contribution in [0.15, 0.2) is 18.3 Å². The Bertz CT molecular complexity index is 353. The third-order valence-electron chi connectivity index (χ3n) is 2.12. The fourth-order valence-corrected chi connectivity index (χ4v) is 1.27. The molecular formula is C11H16N2O4. The molecule has 0 saturated carbocycles. The Labute approximate surface area is 99.3 Å². The third kappa shape index (κ3) is 4.90. The van der Waals surface area contributed by atoms with Crippen molar-refractivity contribution in [1.82, 2.24) is 10.3 Å². The summed E-state index contributed by atoms with van der Waals surface area (Å²) in [5.74, 6) is -0.993. The molecule has 1 aromatic rings. The van der Waals surface area contributed by atoms with E-state index in [-0.39, 0.29) is 12.2 Å². The average molecular weight is 240 g/mol. The molecule has 6 heteroatoms. The highest BCUT2D eigenvalue weighted by Gasteiger charge is 2.04. The van der Waals surface area contributed by atoms with Gasteiger partial charge in [-0.2, -0.15) is 0 Å². The summed E-state index contributed by atoms with van der Waals surface area (Å²) in [6.07, 6.45) is 0.753. The van der Waals surface area contributed by atoms with Gasteiger partial charge in [0.25, 0.3) is 0 Å². The zero-order valence-corrected chi connectivity index (χ0v) is 9.59. The molecule has 0 saturated heterocycles. The summed E-state index contributed by atoms with van der Waals surface area (Å²) in [7, 11) is 1.52. The van der Waals surface area contributed by atoms with Crippen LogP contribution in [0.2, 0.25) is 0 Å². The van der Waals surface area contributed by atoms with Crippen molar-refractivity contribution in [2.75, 3.05) is 20.3 Å². The molecular weight excluding hydrogens is 224 g/mol. The highest BCUT2D eigenvalue weighted by Crippen LogP contribution is 2.00. The van der Waals surface area contributed by atoms with E-state index < -0.39 is 12.1 Å². The van der Waals surface area contributed by atoms with Crippen LogP contribution < -0.4 is 5.32 Å². The quantitative estimate of drug-likeness (QED) is 0.615. The van der Waals surface area contributed by atoms with Crippen LogP contribution in [0.4, 0.5) is 0 Å². The number of nitrogens with one attached hydrogen (secondary N) is 1. The number of hydrogen-bond acceptors (Lipinski definition) is 5. The molecule has 1 atom stereocenters. The summed E-state index contributed by atoms with van der Waals surface area (Å²) in [5.41, 5.74) is 0.882. The lowest BCUT2D eigenvalue weighted by Gasteiger charge is -2.10. The topological polar surface area (TPSA) is 91.7 Å². The largest absolute Gasteiger partial charge is 0.478 e. The van der Waals surface area contributed by atoms with E-state index in [1.54, 1.807) is 6.07 Å². The molecule has 3 N–H and O–H groups in total. The van der Waals surface area contributed by atoms with Gasteiger partial charge in [0.2, 0.25) is 0 Å². The van der Waals surface area contributed by atoms with Crippen LogP contribution in [-0.4, -0.2) is 47.5 Å². The number of carbonyl (C=O) groups is 1. The molecule has 6 nitrogen and oxygen atoms in total. The summed E-state index contributed by atoms with van der Waals surface area (Å²) in [4.78, 5) is 14.6. The number of aromatic carboxylic acids is 1. The number of methoxy groups -OCH3 is 1. The first-order chi connectivity index (χ1) is 8.13. The molecule has 1 heterocycles. The Hall–Kier alpha value is -1.50. The molecule has 0 aliphatic carbocycles. The Balaban J connectivity index is 2.34. The van der Waals surface area contributed by atoms with Crippen LogP contribution in [0.3, 0.4) is 0 Å². The van der Waals surface area contributed by atoms with E-state index in [0.717, 1.165) is 5.69 Å². The molecule has 0 aliphatic heterocycles. The van der Waals surface area contributed by atoms with Gasteiger partial charge in [0, 0.05) is 26.4 Å². The standard InChI is InChI=1S/C11H16N2O4/c1-17-7-10(14)6-12-5-9-3-2-8(4-13-9)11(15)16/h2-4,10,12,14H,5-7H2,1H3,(H,15,16). The highest BCUT2D eigenvalue weighted by molar-refractivity contribution is 5.87. The first-order valence-corrected chi connectivity index (χ1v) is 5.19. The van der Waals surface area contributed by atoms with E-state index in [1.165, 1.54) is 19.4 Å². The molecule has 0 spiro atoms. The van der Waals surface area contributed by atoms with Gasteiger partial charge in [-0.1, -0.05) is 0 Å². The number of rotatable bonds is 7. The molecule has 0 amide bonds. The summed E-state index contributed by atoms with van der Waals surface area (Å²) in [6, 6.07) is 3.14. The maximum Gasteiger partial charge on any atom is 0.337 e. The van der Waals surface area contributed by atoms with E-state index in [1.807, 2.05) is 0 Å². The van der Waals surface area contributed by atoms with Crippen molar-refractivity contribution in [3.05, 3.63) is 29.6 Å². The number of carboxylic acids is 1. The minimum Gasteiger partial charge on any atom is -0.478 e. The Morgan fingerprint density at radius 3 is 2.88 bits per heavy atom. The minimum absolute atomic E-state index is 0.160. The zero-order chi connectivity index (χ0) is 12.7. The highest BCUT2D eigenvalue weighted by atomic mass is 16.5. The fraction of sp³-hybridized carbons (Fsp3) is 0.455. The van der Waals surface area contributed by atoms with Gasteiger partial charge in [0.1, 0.15) is 0 Å². The van der Waals surface area contributed by atoms with E-state index >= 15 is 0 Å². The molecule has 1 rings (SSSR count). The first kappa shape index (κ1) is 13.6. The molecule has 0 radical (unpaired) electrons. The van der Waals surface area contributed by atoms with Gasteiger partial charge in [-0.3, -0.25) is 4.98 Å². The van der Waals surface area contributed by atoms with Gasteiger partial charge in [0.05, 0.1) is 24.0 Å². The van der Waals surface area contributed by atoms with E-state index in [0.29, 0.717) is 13.1 Å². The van der Waals surface area contributed by atoms with E-state index in [9.17, 15) is 9.90 Å². The molecule has 1 aromatic heterocycles. The summed E-state index contributed by atoms with van der Waals surface area (Å²) >= 11 is 0. The number of carboxylic acid groups (broad SMARTS) is 1. The SMILES string of the molecule is COCC(O)CNCc1ccc(C(=O)O)cn1. The lowest BCUT2D eigenvalue weighted by molar-refractivity contribution is 0.0643. The molecule has 0 aromatic carbocycles. The predicted molar refractivity (Wildman–Crippen MR) is 60.8 cm³/mol. The van der Waals surface area contributed by atoms with Gasteiger partial charge in [-0.05, 0) is 12.1 Å². The summed E-state index contributed by atoms with van der Waals surface area (Å²) < 4.78 is 4.78. The zero-order valence-electron chi connectivity index (χ0n) is 9.59. The summed E-state index contributed by atoms with van der Waals surface area (Å²) in [5, 5.41) is 21.0. The van der Waals surface area contributed by atoms with Gasteiger partial charge >= 0.3 is 5.97 Å². The maximum absolute atomic E-state index is 10.6. The maximum atomic E-state index is 10.6. The lowest BCUT2D eigenvalue weighted by Crippen LogP contribution is -2.29. The second kappa shape index (κ2) is 6.95. The number of pyridine rings is 1. The van der Waals surface area contributed by atoms with Crippen LogP contribution in [0, 0.1) is 0 Å². The van der Waals surface area contributed by atoms with Crippen LogP contribution >= 0.6 is 0 Å². The molecule has 94 valence electrons. The molecule has 0 bridgehead atoms. The minimum atomic E-state index is -0.993. The van der Waals surface area contributed by atoms with Crippen molar-refractivity contribution < 1.29 is 19.7 Å².